The van der Waals surface area contributed by atoms with Crippen molar-refractivity contribution in [3.8, 4) is 0 Å². The van der Waals surface area contributed by atoms with Crippen molar-refractivity contribution in [3.63, 3.8) is 0 Å². The minimum absolute atomic E-state index is 0.0277. The topological polar surface area (TPSA) is 64.6 Å². The molecular weight excluding hydrogens is 350 g/mol. The van der Waals surface area contributed by atoms with E-state index in [1.807, 2.05) is 24.3 Å². The van der Waals surface area contributed by atoms with E-state index in [-0.39, 0.29) is 30.3 Å². The van der Waals surface area contributed by atoms with Gasteiger partial charge in [0.25, 0.3) is 0 Å². The van der Waals surface area contributed by atoms with Gasteiger partial charge in [0.2, 0.25) is 5.91 Å². The minimum Gasteiger partial charge on any atom is -0.469 e. The molecule has 1 aliphatic heterocycles. The number of methoxy groups -OCH3 is 1. The Kier molecular flexibility index (Phi) is 6.39. The summed E-state index contributed by atoms with van der Waals surface area (Å²) in [5.41, 5.74) is 0.883. The quantitative estimate of drug-likeness (QED) is 0.810. The summed E-state index contributed by atoms with van der Waals surface area (Å²) in [7, 11) is 1.35. The van der Waals surface area contributed by atoms with E-state index < -0.39 is 0 Å². The molecule has 2 rings (SSSR count). The molecule has 0 bridgehead atoms. The van der Waals surface area contributed by atoms with Crippen molar-refractivity contribution in [2.75, 3.05) is 20.3 Å². The number of carbonyl (C=O) groups excluding carboxylic acids is 2. The molecule has 1 heterocycles. The molecule has 1 N–H and O–H groups in total. The van der Waals surface area contributed by atoms with Gasteiger partial charge in [-0.1, -0.05) is 28.1 Å². The van der Waals surface area contributed by atoms with Crippen LogP contribution < -0.4 is 5.32 Å². The predicted molar refractivity (Wildman–Crippen MR) is 85.2 cm³/mol. The van der Waals surface area contributed by atoms with E-state index in [4.69, 9.17) is 9.47 Å². The van der Waals surface area contributed by atoms with Crippen LogP contribution in [0.3, 0.4) is 0 Å². The zero-order valence-electron chi connectivity index (χ0n) is 12.5. The van der Waals surface area contributed by atoms with Gasteiger partial charge in [-0.2, -0.15) is 0 Å². The smallest absolute Gasteiger partial charge is 0.307 e. The first-order chi connectivity index (χ1) is 10.6. The number of amides is 1. The summed E-state index contributed by atoms with van der Waals surface area (Å²) in [6.07, 6.45) is 1.56. The first-order valence-corrected chi connectivity index (χ1v) is 8.10. The SMILES string of the molecule is COC(=O)C[C@@H](NC(=O)C1CCOCC1)c1ccc(Br)cc1. The average molecular weight is 370 g/mol. The van der Waals surface area contributed by atoms with Gasteiger partial charge >= 0.3 is 5.97 Å². The molecule has 1 saturated heterocycles. The normalized spacial score (nSPS) is 16.8. The average Bonchev–Trinajstić information content (AvgIpc) is 2.55. The molecule has 5 nitrogen and oxygen atoms in total. The van der Waals surface area contributed by atoms with E-state index in [9.17, 15) is 9.59 Å². The predicted octanol–water partition coefficient (Wildman–Crippen LogP) is 2.60. The molecule has 0 radical (unpaired) electrons. The first-order valence-electron chi connectivity index (χ1n) is 7.30. The molecule has 1 aliphatic rings. The minimum atomic E-state index is -0.379. The van der Waals surface area contributed by atoms with Crippen molar-refractivity contribution in [1.82, 2.24) is 5.32 Å². The lowest BCUT2D eigenvalue weighted by Gasteiger charge is -2.25. The number of rotatable bonds is 5. The maximum Gasteiger partial charge on any atom is 0.307 e. The molecule has 0 unspecified atom stereocenters. The molecule has 1 aromatic carbocycles. The molecule has 6 heteroatoms. The molecule has 0 saturated carbocycles. The van der Waals surface area contributed by atoms with Crippen LogP contribution in [-0.2, 0) is 19.1 Å². The van der Waals surface area contributed by atoms with Crippen molar-refractivity contribution in [3.05, 3.63) is 34.3 Å². The third kappa shape index (κ3) is 4.81. The molecule has 0 aromatic heterocycles. The third-order valence-electron chi connectivity index (χ3n) is 3.78. The third-order valence-corrected chi connectivity index (χ3v) is 4.31. The molecule has 0 spiro atoms. The van der Waals surface area contributed by atoms with Gasteiger partial charge in [-0.3, -0.25) is 9.59 Å². The Morgan fingerprint density at radius 2 is 1.95 bits per heavy atom. The fourth-order valence-corrected chi connectivity index (χ4v) is 2.71. The summed E-state index contributed by atoms with van der Waals surface area (Å²) in [6.45, 7) is 1.22. The molecule has 1 aromatic rings. The monoisotopic (exact) mass is 369 g/mol. The van der Waals surface area contributed by atoms with Crippen LogP contribution in [-0.4, -0.2) is 32.2 Å². The van der Waals surface area contributed by atoms with Crippen LogP contribution in [0.1, 0.15) is 30.9 Å². The Labute approximate surface area is 138 Å². The Balaban J connectivity index is 2.07. The Morgan fingerprint density at radius 3 is 2.55 bits per heavy atom. The molecular formula is C16H20BrNO4. The van der Waals surface area contributed by atoms with E-state index in [1.165, 1.54) is 7.11 Å². The fourth-order valence-electron chi connectivity index (χ4n) is 2.45. The number of hydrogen-bond acceptors (Lipinski definition) is 4. The first kappa shape index (κ1) is 17.0. The summed E-state index contributed by atoms with van der Waals surface area (Å²) >= 11 is 3.38. The lowest BCUT2D eigenvalue weighted by molar-refractivity contribution is -0.141. The molecule has 0 aliphatic carbocycles. The highest BCUT2D eigenvalue weighted by Gasteiger charge is 2.25. The highest BCUT2D eigenvalue weighted by Crippen LogP contribution is 2.22. The maximum absolute atomic E-state index is 12.4. The van der Waals surface area contributed by atoms with Gasteiger partial charge in [0.1, 0.15) is 0 Å². The number of carbonyl (C=O) groups is 2. The highest BCUT2D eigenvalue weighted by atomic mass is 79.9. The Hall–Kier alpha value is -1.40. The number of benzene rings is 1. The van der Waals surface area contributed by atoms with Gasteiger partial charge in [0.15, 0.2) is 0 Å². The summed E-state index contributed by atoms with van der Waals surface area (Å²) in [6, 6.07) is 7.18. The maximum atomic E-state index is 12.4. The van der Waals surface area contributed by atoms with E-state index in [2.05, 4.69) is 21.2 Å². The van der Waals surface area contributed by atoms with Gasteiger partial charge in [0.05, 0.1) is 19.6 Å². The fraction of sp³-hybridized carbons (Fsp3) is 0.500. The second-order valence-electron chi connectivity index (χ2n) is 5.28. The number of esters is 1. The van der Waals surface area contributed by atoms with Gasteiger partial charge in [-0.05, 0) is 30.5 Å². The zero-order valence-corrected chi connectivity index (χ0v) is 14.1. The van der Waals surface area contributed by atoms with E-state index in [0.29, 0.717) is 13.2 Å². The molecule has 120 valence electrons. The van der Waals surface area contributed by atoms with Gasteiger partial charge in [0, 0.05) is 23.6 Å². The number of ether oxygens (including phenoxy) is 2. The van der Waals surface area contributed by atoms with Crippen molar-refractivity contribution >= 4 is 27.8 Å². The Bertz CT molecular complexity index is 511. The lowest BCUT2D eigenvalue weighted by atomic mass is 9.97. The van der Waals surface area contributed by atoms with E-state index >= 15 is 0 Å². The van der Waals surface area contributed by atoms with Crippen molar-refractivity contribution in [2.45, 2.75) is 25.3 Å². The molecule has 1 atom stereocenters. The van der Waals surface area contributed by atoms with Gasteiger partial charge < -0.3 is 14.8 Å². The van der Waals surface area contributed by atoms with Crippen LogP contribution in [0.5, 0.6) is 0 Å². The van der Waals surface area contributed by atoms with Gasteiger partial charge in [-0.25, -0.2) is 0 Å². The lowest BCUT2D eigenvalue weighted by Crippen LogP contribution is -2.37. The van der Waals surface area contributed by atoms with Crippen LogP contribution in [0, 0.1) is 5.92 Å². The number of halogens is 1. The van der Waals surface area contributed by atoms with Crippen LogP contribution in [0.4, 0.5) is 0 Å². The largest absolute Gasteiger partial charge is 0.469 e. The van der Waals surface area contributed by atoms with Crippen molar-refractivity contribution in [1.29, 1.82) is 0 Å². The zero-order chi connectivity index (χ0) is 15.9. The number of hydrogen-bond donors (Lipinski definition) is 1. The second-order valence-corrected chi connectivity index (χ2v) is 6.20. The summed E-state index contributed by atoms with van der Waals surface area (Å²) in [5, 5.41) is 2.98. The van der Waals surface area contributed by atoms with Crippen LogP contribution >= 0.6 is 15.9 Å². The van der Waals surface area contributed by atoms with Crippen molar-refractivity contribution in [2.24, 2.45) is 5.92 Å². The number of nitrogens with one attached hydrogen (secondary N) is 1. The molecule has 22 heavy (non-hydrogen) atoms. The summed E-state index contributed by atoms with van der Waals surface area (Å²) in [4.78, 5) is 24.0. The van der Waals surface area contributed by atoms with Gasteiger partial charge in [-0.15, -0.1) is 0 Å². The van der Waals surface area contributed by atoms with Crippen LogP contribution in [0.2, 0.25) is 0 Å². The second kappa shape index (κ2) is 8.29. The van der Waals surface area contributed by atoms with Crippen LogP contribution in [0.15, 0.2) is 28.7 Å². The molecule has 1 amide bonds. The Morgan fingerprint density at radius 1 is 1.32 bits per heavy atom. The summed E-state index contributed by atoms with van der Waals surface area (Å²) in [5.74, 6) is -0.426. The molecule has 1 fully saturated rings. The standard InChI is InChI=1S/C16H20BrNO4/c1-21-15(19)10-14(11-2-4-13(17)5-3-11)18-16(20)12-6-8-22-9-7-12/h2-5,12,14H,6-10H2,1H3,(H,18,20)/t14-/m1/s1. The summed E-state index contributed by atoms with van der Waals surface area (Å²) < 4.78 is 11.0. The van der Waals surface area contributed by atoms with E-state index in [0.717, 1.165) is 22.9 Å². The highest BCUT2D eigenvalue weighted by molar-refractivity contribution is 9.10. The van der Waals surface area contributed by atoms with E-state index in [1.54, 1.807) is 0 Å². The van der Waals surface area contributed by atoms with Crippen molar-refractivity contribution < 1.29 is 19.1 Å². The van der Waals surface area contributed by atoms with Crippen LogP contribution in [0.25, 0.3) is 0 Å².